The van der Waals surface area contributed by atoms with E-state index in [1.54, 1.807) is 6.07 Å². The van der Waals surface area contributed by atoms with Gasteiger partial charge in [-0.15, -0.1) is 0 Å². The number of nitrogen functional groups attached to an aromatic ring is 1. The van der Waals surface area contributed by atoms with Crippen molar-refractivity contribution in [3.63, 3.8) is 0 Å². The third-order valence-corrected chi connectivity index (χ3v) is 4.04. The summed E-state index contributed by atoms with van der Waals surface area (Å²) in [5, 5.41) is 2.98. The van der Waals surface area contributed by atoms with Crippen LogP contribution in [0, 0.1) is 17.7 Å². The van der Waals surface area contributed by atoms with Gasteiger partial charge in [0.15, 0.2) is 0 Å². The molecule has 0 radical (unpaired) electrons. The Kier molecular flexibility index (Phi) is 3.55. The monoisotopic (exact) mass is 250 g/mol. The van der Waals surface area contributed by atoms with E-state index in [0.29, 0.717) is 17.4 Å². The molecule has 0 bridgehead atoms. The molecule has 1 amide bonds. The Hall–Kier alpha value is -1.58. The van der Waals surface area contributed by atoms with Gasteiger partial charge < -0.3 is 11.1 Å². The molecule has 0 heterocycles. The smallest absolute Gasteiger partial charge is 0.251 e. The predicted molar refractivity (Wildman–Crippen MR) is 69.6 cm³/mol. The minimum Gasteiger partial charge on any atom is -0.396 e. The van der Waals surface area contributed by atoms with Crippen molar-refractivity contribution in [2.75, 3.05) is 5.73 Å². The summed E-state index contributed by atoms with van der Waals surface area (Å²) in [6.45, 7) is 4.34. The van der Waals surface area contributed by atoms with Crippen LogP contribution in [0.25, 0.3) is 0 Å². The Labute approximate surface area is 107 Å². The minimum atomic E-state index is -0.546. The van der Waals surface area contributed by atoms with Crippen LogP contribution in [-0.2, 0) is 0 Å². The van der Waals surface area contributed by atoms with Gasteiger partial charge in [0.25, 0.3) is 5.91 Å². The highest BCUT2D eigenvalue weighted by atomic mass is 19.1. The maximum absolute atomic E-state index is 13.3. The van der Waals surface area contributed by atoms with Crippen molar-refractivity contribution in [3.05, 3.63) is 29.6 Å². The number of halogens is 1. The molecule has 0 aliphatic heterocycles. The van der Waals surface area contributed by atoms with Gasteiger partial charge in [0.2, 0.25) is 0 Å². The fraction of sp³-hybridized carbons (Fsp3) is 0.500. The van der Waals surface area contributed by atoms with Gasteiger partial charge in [-0.2, -0.15) is 0 Å². The van der Waals surface area contributed by atoms with E-state index in [0.717, 1.165) is 12.8 Å². The molecule has 3 nitrogen and oxygen atoms in total. The molecular formula is C14H19FN2O. The van der Waals surface area contributed by atoms with Crippen LogP contribution in [0.1, 0.15) is 37.0 Å². The Morgan fingerprint density at radius 3 is 2.67 bits per heavy atom. The molecule has 1 aromatic carbocycles. The lowest BCUT2D eigenvalue weighted by molar-refractivity contribution is 0.0927. The van der Waals surface area contributed by atoms with E-state index in [4.69, 9.17) is 5.73 Å². The van der Waals surface area contributed by atoms with Crippen LogP contribution in [0.2, 0.25) is 0 Å². The molecule has 1 aromatic rings. The second-order valence-electron chi connectivity index (χ2n) is 5.23. The molecule has 1 saturated carbocycles. The highest BCUT2D eigenvalue weighted by molar-refractivity contribution is 5.94. The van der Waals surface area contributed by atoms with Crippen molar-refractivity contribution in [2.24, 2.45) is 11.8 Å². The van der Waals surface area contributed by atoms with Crippen molar-refractivity contribution in [3.8, 4) is 0 Å². The second-order valence-corrected chi connectivity index (χ2v) is 5.23. The summed E-state index contributed by atoms with van der Waals surface area (Å²) in [6.07, 6.45) is 2.12. The van der Waals surface area contributed by atoms with Crippen LogP contribution < -0.4 is 11.1 Å². The molecule has 3 atom stereocenters. The number of benzene rings is 1. The number of amides is 1. The first kappa shape index (κ1) is 12.9. The molecule has 1 aliphatic carbocycles. The van der Waals surface area contributed by atoms with E-state index in [9.17, 15) is 9.18 Å². The Balaban J connectivity index is 2.06. The van der Waals surface area contributed by atoms with Crippen LogP contribution in [0.15, 0.2) is 18.2 Å². The topological polar surface area (TPSA) is 55.1 Å². The van der Waals surface area contributed by atoms with Gasteiger partial charge in [-0.25, -0.2) is 4.39 Å². The van der Waals surface area contributed by atoms with Gasteiger partial charge in [0, 0.05) is 11.6 Å². The lowest BCUT2D eigenvalue weighted by Crippen LogP contribution is -2.37. The van der Waals surface area contributed by atoms with E-state index >= 15 is 0 Å². The van der Waals surface area contributed by atoms with Crippen LogP contribution >= 0.6 is 0 Å². The lowest BCUT2D eigenvalue weighted by atomic mass is 9.97. The third-order valence-electron chi connectivity index (χ3n) is 4.04. The number of carbonyl (C=O) groups excluding carboxylic acids is 1. The first-order chi connectivity index (χ1) is 8.49. The van der Waals surface area contributed by atoms with Gasteiger partial charge >= 0.3 is 0 Å². The zero-order chi connectivity index (χ0) is 13.3. The minimum absolute atomic E-state index is 0.0643. The zero-order valence-corrected chi connectivity index (χ0v) is 10.7. The van der Waals surface area contributed by atoms with Crippen molar-refractivity contribution < 1.29 is 9.18 Å². The number of rotatable bonds is 2. The first-order valence-corrected chi connectivity index (χ1v) is 6.35. The Bertz CT molecular complexity index is 461. The number of hydrogen-bond donors (Lipinski definition) is 2. The van der Waals surface area contributed by atoms with Crippen molar-refractivity contribution in [1.29, 1.82) is 0 Å². The molecule has 4 heteroatoms. The number of carbonyl (C=O) groups is 1. The number of nitrogens with one attached hydrogen (secondary N) is 1. The first-order valence-electron chi connectivity index (χ1n) is 6.35. The molecule has 18 heavy (non-hydrogen) atoms. The predicted octanol–water partition coefficient (Wildman–Crippen LogP) is 2.57. The number of hydrogen-bond acceptors (Lipinski definition) is 2. The van der Waals surface area contributed by atoms with Crippen LogP contribution in [0.5, 0.6) is 0 Å². The van der Waals surface area contributed by atoms with E-state index in [2.05, 4.69) is 19.2 Å². The van der Waals surface area contributed by atoms with Gasteiger partial charge in [-0.3, -0.25) is 4.79 Å². The zero-order valence-electron chi connectivity index (χ0n) is 10.7. The highest BCUT2D eigenvalue weighted by Gasteiger charge is 2.30. The third kappa shape index (κ3) is 2.47. The van der Waals surface area contributed by atoms with Crippen molar-refractivity contribution in [1.82, 2.24) is 5.32 Å². The van der Waals surface area contributed by atoms with Crippen LogP contribution in [0.3, 0.4) is 0 Å². The summed E-state index contributed by atoms with van der Waals surface area (Å²) in [5.41, 5.74) is 5.78. The Morgan fingerprint density at radius 2 is 2.11 bits per heavy atom. The molecule has 0 aromatic heterocycles. The van der Waals surface area contributed by atoms with Gasteiger partial charge in [0.05, 0.1) is 5.69 Å². The highest BCUT2D eigenvalue weighted by Crippen LogP contribution is 2.31. The maximum atomic E-state index is 13.3. The quantitative estimate of drug-likeness (QED) is 0.793. The maximum Gasteiger partial charge on any atom is 0.251 e. The summed E-state index contributed by atoms with van der Waals surface area (Å²) < 4.78 is 13.3. The molecular weight excluding hydrogens is 231 g/mol. The average molecular weight is 250 g/mol. The Morgan fingerprint density at radius 1 is 1.39 bits per heavy atom. The number of nitrogens with two attached hydrogens (primary N) is 1. The van der Waals surface area contributed by atoms with E-state index in [1.807, 2.05) is 0 Å². The summed E-state index contributed by atoms with van der Waals surface area (Å²) in [4.78, 5) is 12.0. The molecule has 0 saturated heterocycles. The summed E-state index contributed by atoms with van der Waals surface area (Å²) in [7, 11) is 0. The molecule has 0 spiro atoms. The van der Waals surface area contributed by atoms with Crippen molar-refractivity contribution in [2.45, 2.75) is 32.7 Å². The van der Waals surface area contributed by atoms with E-state index in [1.165, 1.54) is 12.1 Å². The molecule has 2 rings (SSSR count). The lowest BCUT2D eigenvalue weighted by Gasteiger charge is -2.19. The molecule has 1 aliphatic rings. The SMILES string of the molecule is CC1CCC(NC(=O)c2ccc(N)c(F)c2)C1C. The van der Waals surface area contributed by atoms with Gasteiger partial charge in [0.1, 0.15) is 5.82 Å². The molecule has 1 fully saturated rings. The largest absolute Gasteiger partial charge is 0.396 e. The fourth-order valence-electron chi connectivity index (χ4n) is 2.49. The normalized spacial score (nSPS) is 27.2. The standard InChI is InChI=1S/C14H19FN2O/c1-8-3-6-13(9(8)2)17-14(18)10-4-5-12(16)11(15)7-10/h4-5,7-9,13H,3,6,16H2,1-2H3,(H,17,18). The van der Waals surface area contributed by atoms with E-state index < -0.39 is 5.82 Å². The van der Waals surface area contributed by atoms with Crippen LogP contribution in [0.4, 0.5) is 10.1 Å². The molecule has 3 N–H and O–H groups in total. The van der Waals surface area contributed by atoms with E-state index in [-0.39, 0.29) is 17.6 Å². The summed E-state index contributed by atoms with van der Waals surface area (Å²) >= 11 is 0. The fourth-order valence-corrected chi connectivity index (χ4v) is 2.49. The van der Waals surface area contributed by atoms with Gasteiger partial charge in [-0.05, 0) is 42.9 Å². The summed E-state index contributed by atoms with van der Waals surface area (Å²) in [5.74, 6) is 0.321. The number of anilines is 1. The molecule has 98 valence electrons. The average Bonchev–Trinajstić information content (AvgIpc) is 2.64. The van der Waals surface area contributed by atoms with Crippen LogP contribution in [-0.4, -0.2) is 11.9 Å². The molecule has 3 unspecified atom stereocenters. The second kappa shape index (κ2) is 4.96. The summed E-state index contributed by atoms with van der Waals surface area (Å²) in [6, 6.07) is 4.35. The van der Waals surface area contributed by atoms with Gasteiger partial charge in [-0.1, -0.05) is 13.8 Å². The van der Waals surface area contributed by atoms with Crippen molar-refractivity contribution >= 4 is 11.6 Å².